The van der Waals surface area contributed by atoms with Crippen molar-refractivity contribution in [2.45, 2.75) is 19.8 Å². The molecule has 0 aromatic heterocycles. The Bertz CT molecular complexity index is 320. The van der Waals surface area contributed by atoms with E-state index in [4.69, 9.17) is 0 Å². The minimum absolute atomic E-state index is 1.12. The van der Waals surface area contributed by atoms with E-state index in [1.54, 1.807) is 5.56 Å². The molecular weight excluding hydrogens is 226 g/mol. The molecule has 1 nitrogen and oxygen atoms in total. The maximum absolute atomic E-state index is 3.58. The molecule has 0 atom stereocenters. The van der Waals surface area contributed by atoms with E-state index in [1.165, 1.54) is 28.4 Å². The molecule has 0 spiro atoms. The lowest BCUT2D eigenvalue weighted by Gasteiger charge is -2.10. The van der Waals surface area contributed by atoms with Crippen molar-refractivity contribution < 1.29 is 0 Å². The van der Waals surface area contributed by atoms with Gasteiger partial charge < -0.3 is 5.32 Å². The summed E-state index contributed by atoms with van der Waals surface area (Å²) < 4.78 is 1.24. The second kappa shape index (κ2) is 3.81. The lowest BCUT2D eigenvalue weighted by atomic mass is 9.98. The van der Waals surface area contributed by atoms with Crippen LogP contribution in [-0.4, -0.2) is 13.1 Å². The third-order valence-corrected chi connectivity index (χ3v) is 3.61. The van der Waals surface area contributed by atoms with Crippen molar-refractivity contribution in [2.75, 3.05) is 13.1 Å². The summed E-state index contributed by atoms with van der Waals surface area (Å²) in [5.74, 6) is 0. The maximum atomic E-state index is 3.58. The Hall–Kier alpha value is -0.340. The quantitative estimate of drug-likeness (QED) is 0.734. The van der Waals surface area contributed by atoms with Crippen LogP contribution in [0.15, 0.2) is 16.6 Å². The molecule has 1 aromatic carbocycles. The van der Waals surface area contributed by atoms with E-state index in [1.807, 2.05) is 0 Å². The zero-order chi connectivity index (χ0) is 9.26. The van der Waals surface area contributed by atoms with E-state index in [0.717, 1.165) is 13.1 Å². The summed E-state index contributed by atoms with van der Waals surface area (Å²) in [5, 5.41) is 3.43. The molecule has 2 rings (SSSR count). The van der Waals surface area contributed by atoms with Crippen LogP contribution < -0.4 is 5.32 Å². The van der Waals surface area contributed by atoms with Gasteiger partial charge in [0.1, 0.15) is 0 Å². The van der Waals surface area contributed by atoms with Crippen molar-refractivity contribution in [3.63, 3.8) is 0 Å². The molecule has 0 amide bonds. The van der Waals surface area contributed by atoms with Crippen LogP contribution >= 0.6 is 15.9 Å². The molecule has 1 aromatic rings. The van der Waals surface area contributed by atoms with Gasteiger partial charge in [-0.2, -0.15) is 0 Å². The van der Waals surface area contributed by atoms with Crippen molar-refractivity contribution in [1.82, 2.24) is 5.32 Å². The molecule has 0 aliphatic carbocycles. The Labute approximate surface area is 87.7 Å². The normalized spacial score (nSPS) is 16.5. The van der Waals surface area contributed by atoms with Crippen LogP contribution in [0.4, 0.5) is 0 Å². The molecule has 1 aliphatic heterocycles. The van der Waals surface area contributed by atoms with E-state index in [9.17, 15) is 0 Å². The van der Waals surface area contributed by atoms with Gasteiger partial charge in [0.05, 0.1) is 0 Å². The molecule has 0 radical (unpaired) electrons. The van der Waals surface area contributed by atoms with Crippen LogP contribution in [0.5, 0.6) is 0 Å². The predicted molar refractivity (Wildman–Crippen MR) is 59.2 cm³/mol. The fraction of sp³-hybridized carbons (Fsp3) is 0.455. The average molecular weight is 240 g/mol. The first-order valence-corrected chi connectivity index (χ1v) is 5.56. The van der Waals surface area contributed by atoms with Crippen LogP contribution in [0.25, 0.3) is 0 Å². The second-order valence-corrected chi connectivity index (χ2v) is 4.41. The molecule has 0 fully saturated rings. The fourth-order valence-corrected chi connectivity index (χ4v) is 2.30. The number of hydrogen-bond acceptors (Lipinski definition) is 1. The number of rotatable bonds is 0. The summed E-state index contributed by atoms with van der Waals surface area (Å²) in [6, 6.07) is 4.42. The summed E-state index contributed by atoms with van der Waals surface area (Å²) in [5.41, 5.74) is 4.48. The molecule has 1 N–H and O–H groups in total. The van der Waals surface area contributed by atoms with Gasteiger partial charge in [0.15, 0.2) is 0 Å². The largest absolute Gasteiger partial charge is 0.316 e. The average Bonchev–Trinajstić information content (AvgIpc) is 2.36. The summed E-state index contributed by atoms with van der Waals surface area (Å²) in [7, 11) is 0. The first-order chi connectivity index (χ1) is 6.29. The molecule has 0 saturated heterocycles. The van der Waals surface area contributed by atoms with Gasteiger partial charge in [-0.1, -0.05) is 22.0 Å². The monoisotopic (exact) mass is 239 g/mol. The highest BCUT2D eigenvalue weighted by molar-refractivity contribution is 9.10. The molecule has 0 saturated carbocycles. The minimum Gasteiger partial charge on any atom is -0.316 e. The minimum atomic E-state index is 1.12. The summed E-state index contributed by atoms with van der Waals surface area (Å²) in [4.78, 5) is 0. The summed E-state index contributed by atoms with van der Waals surface area (Å²) in [6.45, 7) is 4.44. The van der Waals surface area contributed by atoms with E-state index in [-0.39, 0.29) is 0 Å². The number of nitrogens with one attached hydrogen (secondary N) is 1. The molecule has 0 unspecified atom stereocenters. The number of hydrogen-bond donors (Lipinski definition) is 1. The lowest BCUT2D eigenvalue weighted by Crippen LogP contribution is -2.16. The van der Waals surface area contributed by atoms with E-state index in [0.29, 0.717) is 0 Å². The Kier molecular flexibility index (Phi) is 2.70. The first-order valence-electron chi connectivity index (χ1n) is 4.76. The zero-order valence-corrected chi connectivity index (χ0v) is 9.45. The van der Waals surface area contributed by atoms with Gasteiger partial charge in [0.2, 0.25) is 0 Å². The van der Waals surface area contributed by atoms with Gasteiger partial charge in [-0.3, -0.25) is 0 Å². The molecular formula is C11H14BrN. The fourth-order valence-electron chi connectivity index (χ4n) is 1.93. The topological polar surface area (TPSA) is 12.0 Å². The highest BCUT2D eigenvalue weighted by atomic mass is 79.9. The van der Waals surface area contributed by atoms with Gasteiger partial charge in [-0.25, -0.2) is 0 Å². The highest BCUT2D eigenvalue weighted by Crippen LogP contribution is 2.24. The second-order valence-electron chi connectivity index (χ2n) is 3.56. The smallest absolute Gasteiger partial charge is 0.0207 e. The highest BCUT2D eigenvalue weighted by Gasteiger charge is 2.10. The maximum Gasteiger partial charge on any atom is 0.0207 e. The number of fused-ring (bicyclic) bond motifs is 1. The SMILES string of the molecule is Cc1c(Br)ccc2c1CCNCC2. The third kappa shape index (κ3) is 1.79. The standard InChI is InChI=1S/C11H14BrN/c1-8-10-5-7-13-6-4-9(10)2-3-11(8)12/h2-3,13H,4-7H2,1H3. The predicted octanol–water partition coefficient (Wildman–Crippen LogP) is 2.45. The Morgan fingerprint density at radius 1 is 1.23 bits per heavy atom. The molecule has 1 aliphatic rings. The van der Waals surface area contributed by atoms with Crippen molar-refractivity contribution in [3.05, 3.63) is 33.3 Å². The van der Waals surface area contributed by atoms with Crippen LogP contribution in [0.2, 0.25) is 0 Å². The molecule has 13 heavy (non-hydrogen) atoms. The summed E-state index contributed by atoms with van der Waals surface area (Å²) >= 11 is 3.58. The van der Waals surface area contributed by atoms with Crippen molar-refractivity contribution in [3.8, 4) is 0 Å². The van der Waals surface area contributed by atoms with Crippen molar-refractivity contribution in [2.24, 2.45) is 0 Å². The van der Waals surface area contributed by atoms with Gasteiger partial charge >= 0.3 is 0 Å². The third-order valence-electron chi connectivity index (χ3n) is 2.75. The van der Waals surface area contributed by atoms with Gasteiger partial charge in [-0.05, 0) is 55.6 Å². The van der Waals surface area contributed by atoms with E-state index in [2.05, 4.69) is 40.3 Å². The number of halogens is 1. The van der Waals surface area contributed by atoms with Crippen LogP contribution in [-0.2, 0) is 12.8 Å². The number of benzene rings is 1. The Balaban J connectivity index is 2.48. The van der Waals surface area contributed by atoms with Crippen LogP contribution in [0, 0.1) is 6.92 Å². The first kappa shape index (κ1) is 9.22. The molecule has 1 heterocycles. The van der Waals surface area contributed by atoms with Crippen molar-refractivity contribution >= 4 is 15.9 Å². The van der Waals surface area contributed by atoms with Crippen LogP contribution in [0.3, 0.4) is 0 Å². The molecule has 2 heteroatoms. The molecule has 0 bridgehead atoms. The van der Waals surface area contributed by atoms with Crippen molar-refractivity contribution in [1.29, 1.82) is 0 Å². The van der Waals surface area contributed by atoms with E-state index < -0.39 is 0 Å². The van der Waals surface area contributed by atoms with E-state index >= 15 is 0 Å². The lowest BCUT2D eigenvalue weighted by molar-refractivity contribution is 0.710. The van der Waals surface area contributed by atoms with Gasteiger partial charge in [0.25, 0.3) is 0 Å². The Morgan fingerprint density at radius 3 is 2.85 bits per heavy atom. The molecule has 70 valence electrons. The zero-order valence-electron chi connectivity index (χ0n) is 7.86. The van der Waals surface area contributed by atoms with Gasteiger partial charge in [0, 0.05) is 4.47 Å². The van der Waals surface area contributed by atoms with Crippen LogP contribution in [0.1, 0.15) is 16.7 Å². The van der Waals surface area contributed by atoms with Gasteiger partial charge in [-0.15, -0.1) is 0 Å². The Morgan fingerprint density at radius 2 is 2.00 bits per heavy atom. The summed E-state index contributed by atoms with van der Waals surface area (Å²) in [6.07, 6.45) is 2.34.